The zero-order valence-corrected chi connectivity index (χ0v) is 20.3. The molecule has 0 aromatic rings. The monoisotopic (exact) mass is 481 g/mol. The van der Waals surface area contributed by atoms with Crippen LogP contribution in [-0.4, -0.2) is 87.6 Å². The molecule has 0 aliphatic carbocycles. The van der Waals surface area contributed by atoms with Crippen LogP contribution in [0.1, 0.15) is 47.0 Å². The first-order chi connectivity index (χ1) is 14.3. The van der Waals surface area contributed by atoms with Gasteiger partial charge in [-0.25, -0.2) is 0 Å². The van der Waals surface area contributed by atoms with E-state index in [0.29, 0.717) is 19.8 Å². The maximum atomic E-state index is 10.4. The van der Waals surface area contributed by atoms with Crippen molar-refractivity contribution < 1.29 is 69.8 Å². The van der Waals surface area contributed by atoms with Crippen LogP contribution in [-0.2, 0) is 64.7 Å². The Bertz CT molecular complexity index is 380. The van der Waals surface area contributed by atoms with Gasteiger partial charge in [-0.15, -0.1) is 0 Å². The van der Waals surface area contributed by atoms with Gasteiger partial charge in [-0.2, -0.15) is 0 Å². The van der Waals surface area contributed by atoms with Crippen molar-refractivity contribution in [3.8, 4) is 0 Å². The van der Waals surface area contributed by atoms with Crippen LogP contribution in [0.3, 0.4) is 0 Å². The van der Waals surface area contributed by atoms with Crippen molar-refractivity contribution in [3.63, 3.8) is 0 Å². The molecule has 11 heteroatoms. The van der Waals surface area contributed by atoms with Gasteiger partial charge in [-0.1, -0.05) is 19.3 Å². The van der Waals surface area contributed by atoms with E-state index in [4.69, 9.17) is 19.3 Å². The van der Waals surface area contributed by atoms with E-state index in [2.05, 4.69) is 0 Å². The zero-order chi connectivity index (χ0) is 24.0. The van der Waals surface area contributed by atoms with Crippen molar-refractivity contribution in [2.24, 2.45) is 0 Å². The first-order valence-corrected chi connectivity index (χ1v) is 9.28. The Kier molecular flexibility index (Phi) is 50.4. The molecule has 0 aliphatic rings. The van der Waals surface area contributed by atoms with Gasteiger partial charge in [-0.3, -0.25) is 33.2 Å². The molecule has 1 N–H and O–H groups in total. The number of carbonyl (C=O) groups excluding carboxylic acids is 6. The number of aliphatic hydroxyl groups excluding tert-OH is 1. The van der Waals surface area contributed by atoms with Crippen molar-refractivity contribution in [2.75, 3.05) is 46.2 Å². The van der Waals surface area contributed by atoms with E-state index >= 15 is 0 Å². The first-order valence-electron chi connectivity index (χ1n) is 9.28. The van der Waals surface area contributed by atoms with Crippen LogP contribution in [0.2, 0.25) is 0 Å². The molecular formula is C20H33O10Ti. The van der Waals surface area contributed by atoms with Gasteiger partial charge in [0.2, 0.25) is 0 Å². The number of ketones is 3. The number of hydrogen-bond acceptors (Lipinski definition) is 10. The van der Waals surface area contributed by atoms with Crippen LogP contribution in [0.5, 0.6) is 0 Å². The molecule has 0 bridgehead atoms. The molecule has 0 saturated heterocycles. The molecule has 0 aromatic carbocycles. The molecule has 0 aromatic heterocycles. The fraction of sp³-hybridized carbons (Fsp3) is 0.700. The van der Waals surface area contributed by atoms with Crippen molar-refractivity contribution in [1.29, 1.82) is 0 Å². The maximum absolute atomic E-state index is 10.4. The number of ether oxygens (including phenoxy) is 3. The summed E-state index contributed by atoms with van der Waals surface area (Å²) in [5.74, 6) is -0.648. The largest absolute Gasteiger partial charge is 3.00 e. The van der Waals surface area contributed by atoms with Crippen LogP contribution in [0.15, 0.2) is 0 Å². The normalized spacial score (nSPS) is 8.42. The Hall–Kier alpha value is -1.43. The van der Waals surface area contributed by atoms with E-state index in [1.54, 1.807) is 27.7 Å². The molecule has 31 heavy (non-hydrogen) atoms. The Balaban J connectivity index is -0.000000101. The molecule has 0 rings (SSSR count). The third kappa shape index (κ3) is 52.7. The Labute approximate surface area is 199 Å². The minimum atomic E-state index is -0.216. The minimum Gasteiger partial charge on any atom is -0.541 e. The standard InChI is InChI=1S/3C6H9O3.C2H6O.Ti/c3*1-2-9-5-6(8)3-4-7;1-2-3;/h3*2-3,5H2,1H3;3H,2H2,1H3;/q3*-1;;+3. The van der Waals surface area contributed by atoms with Crippen LogP contribution >= 0.6 is 0 Å². The maximum Gasteiger partial charge on any atom is 3.00 e. The molecule has 0 spiro atoms. The first kappa shape index (κ1) is 40.0. The van der Waals surface area contributed by atoms with Crippen LogP contribution in [0.4, 0.5) is 0 Å². The molecule has 1 radical (unpaired) electrons. The molecule has 0 heterocycles. The van der Waals surface area contributed by atoms with Gasteiger partial charge in [0, 0.05) is 26.4 Å². The number of Topliss-reactive ketones (excluding diaryl/α,β-unsaturated/α-hetero) is 3. The van der Waals surface area contributed by atoms with Crippen molar-refractivity contribution >= 4 is 36.2 Å². The van der Waals surface area contributed by atoms with E-state index in [1.807, 2.05) is 0 Å². The van der Waals surface area contributed by atoms with Gasteiger partial charge in [0.15, 0.2) is 0 Å². The molecule has 0 atom stereocenters. The van der Waals surface area contributed by atoms with Crippen molar-refractivity contribution in [3.05, 3.63) is 0 Å². The number of carbonyl (C=O) groups is 3. The molecule has 0 aliphatic heterocycles. The topological polar surface area (TPSA) is 150 Å². The van der Waals surface area contributed by atoms with Crippen molar-refractivity contribution in [2.45, 2.75) is 47.0 Å². The summed E-state index contributed by atoms with van der Waals surface area (Å²) in [5, 5.41) is 7.57. The average molecular weight is 481 g/mol. The van der Waals surface area contributed by atoms with E-state index in [-0.39, 0.29) is 84.8 Å². The summed E-state index contributed by atoms with van der Waals surface area (Å²) in [6.07, 6.45) is 4.03. The van der Waals surface area contributed by atoms with Crippen LogP contribution in [0.25, 0.3) is 0 Å². The molecule has 0 saturated carbocycles. The SMILES string of the molecule is CCO.CCOCC(=O)C[C-]=O.CCOCC(=O)C[C-]=O.CCOCC(=O)C[C-]=O.[Ti+3]. The van der Waals surface area contributed by atoms with Gasteiger partial charge in [0.05, 0.1) is 0 Å². The van der Waals surface area contributed by atoms with Gasteiger partial charge in [0.25, 0.3) is 0 Å². The second kappa shape index (κ2) is 39.1. The van der Waals surface area contributed by atoms with E-state index in [1.165, 1.54) is 18.9 Å². The van der Waals surface area contributed by atoms with E-state index in [0.717, 1.165) is 0 Å². The Morgan fingerprint density at radius 1 is 0.613 bits per heavy atom. The summed E-state index contributed by atoms with van der Waals surface area (Å²) < 4.78 is 14.2. The predicted octanol–water partition coefficient (Wildman–Crippen LogP) is 0.272. The smallest absolute Gasteiger partial charge is 0.541 e. The average Bonchev–Trinajstić information content (AvgIpc) is 2.71. The second-order valence-corrected chi connectivity index (χ2v) is 4.81. The fourth-order valence-electron chi connectivity index (χ4n) is 1.04. The summed E-state index contributed by atoms with van der Waals surface area (Å²) >= 11 is 0. The summed E-state index contributed by atoms with van der Waals surface area (Å²) in [4.78, 5) is 60.0. The van der Waals surface area contributed by atoms with Gasteiger partial charge in [-0.05, 0) is 27.7 Å². The number of hydrogen-bond donors (Lipinski definition) is 1. The zero-order valence-electron chi connectivity index (χ0n) is 18.7. The van der Waals surface area contributed by atoms with E-state index in [9.17, 15) is 28.8 Å². The third-order valence-corrected chi connectivity index (χ3v) is 2.21. The summed E-state index contributed by atoms with van der Waals surface area (Å²) in [7, 11) is 0. The summed E-state index contributed by atoms with van der Waals surface area (Å²) in [6.45, 7) is 8.91. The fourth-order valence-corrected chi connectivity index (χ4v) is 1.04. The quantitative estimate of drug-likeness (QED) is 0.196. The van der Waals surface area contributed by atoms with Gasteiger partial charge >= 0.3 is 21.7 Å². The van der Waals surface area contributed by atoms with Crippen LogP contribution in [0, 0.1) is 0 Å². The number of rotatable bonds is 15. The predicted molar refractivity (Wildman–Crippen MR) is 108 cm³/mol. The van der Waals surface area contributed by atoms with Crippen molar-refractivity contribution in [1.82, 2.24) is 0 Å². The van der Waals surface area contributed by atoms with Crippen LogP contribution < -0.4 is 0 Å². The molecule has 0 amide bonds. The molecular weight excluding hydrogens is 448 g/mol. The molecule has 10 nitrogen and oxygen atoms in total. The van der Waals surface area contributed by atoms with Gasteiger partial charge in [0.1, 0.15) is 37.2 Å². The molecule has 0 fully saturated rings. The minimum absolute atomic E-state index is 0. The Morgan fingerprint density at radius 3 is 0.935 bits per heavy atom. The summed E-state index contributed by atoms with van der Waals surface area (Å²) in [6, 6.07) is 0. The third-order valence-electron chi connectivity index (χ3n) is 2.21. The van der Waals surface area contributed by atoms with Gasteiger partial charge < -0.3 is 33.7 Å². The Morgan fingerprint density at radius 2 is 0.806 bits per heavy atom. The molecule has 0 unspecified atom stereocenters. The molecule has 177 valence electrons. The van der Waals surface area contributed by atoms with E-state index < -0.39 is 0 Å². The summed E-state index contributed by atoms with van der Waals surface area (Å²) in [5.41, 5.74) is 0. The number of aliphatic hydroxyl groups is 1. The second-order valence-electron chi connectivity index (χ2n) is 4.81.